The molecular formula is C13H24O3. The molecule has 1 rings (SSSR count). The molecule has 0 aliphatic carbocycles. The second-order valence-corrected chi connectivity index (χ2v) is 5.30. The van der Waals surface area contributed by atoms with Crippen molar-refractivity contribution in [3.63, 3.8) is 0 Å². The molecule has 0 aromatic heterocycles. The molecule has 0 aromatic rings. The summed E-state index contributed by atoms with van der Waals surface area (Å²) in [7, 11) is 0. The minimum atomic E-state index is -0.606. The largest absolute Gasteiger partial charge is 0.390 e. The van der Waals surface area contributed by atoms with E-state index in [0.717, 1.165) is 24.8 Å². The maximum Gasteiger partial charge on any atom is 0.158 e. The van der Waals surface area contributed by atoms with Crippen LogP contribution in [0.2, 0.25) is 0 Å². The molecular weight excluding hydrogens is 204 g/mol. The Morgan fingerprint density at radius 2 is 2.00 bits per heavy atom. The monoisotopic (exact) mass is 228 g/mol. The summed E-state index contributed by atoms with van der Waals surface area (Å²) in [4.78, 5) is 0. The van der Waals surface area contributed by atoms with Crippen LogP contribution in [0.5, 0.6) is 0 Å². The third kappa shape index (κ3) is 5.10. The molecule has 0 radical (unpaired) electrons. The first-order valence-corrected chi connectivity index (χ1v) is 5.99. The molecule has 94 valence electrons. The average Bonchev–Trinajstić information content (AvgIpc) is 2.62. The second-order valence-electron chi connectivity index (χ2n) is 5.30. The molecule has 0 saturated carbocycles. The van der Waals surface area contributed by atoms with E-state index in [9.17, 15) is 5.11 Å². The van der Waals surface area contributed by atoms with Gasteiger partial charge in [0.15, 0.2) is 6.29 Å². The summed E-state index contributed by atoms with van der Waals surface area (Å²) < 4.78 is 10.9. The Hall–Kier alpha value is -0.380. The van der Waals surface area contributed by atoms with Crippen LogP contribution in [0.25, 0.3) is 0 Å². The van der Waals surface area contributed by atoms with Crippen molar-refractivity contribution in [2.45, 2.75) is 51.9 Å². The van der Waals surface area contributed by atoms with Crippen molar-refractivity contribution < 1.29 is 14.6 Å². The fourth-order valence-electron chi connectivity index (χ4n) is 1.87. The maximum atomic E-state index is 9.72. The fourth-order valence-corrected chi connectivity index (χ4v) is 1.87. The lowest BCUT2D eigenvalue weighted by Crippen LogP contribution is -2.22. The fraction of sp³-hybridized carbons (Fsp3) is 0.846. The van der Waals surface area contributed by atoms with E-state index >= 15 is 0 Å². The maximum absolute atomic E-state index is 9.72. The summed E-state index contributed by atoms with van der Waals surface area (Å²) in [6.07, 6.45) is 2.48. The van der Waals surface area contributed by atoms with Gasteiger partial charge < -0.3 is 14.6 Å². The molecule has 1 fully saturated rings. The van der Waals surface area contributed by atoms with E-state index in [1.165, 1.54) is 0 Å². The van der Waals surface area contributed by atoms with E-state index < -0.39 is 5.60 Å². The molecule has 1 unspecified atom stereocenters. The van der Waals surface area contributed by atoms with Crippen LogP contribution in [0.4, 0.5) is 0 Å². The van der Waals surface area contributed by atoms with Gasteiger partial charge in [0.2, 0.25) is 0 Å². The van der Waals surface area contributed by atoms with Gasteiger partial charge in [-0.1, -0.05) is 12.2 Å². The molecule has 16 heavy (non-hydrogen) atoms. The van der Waals surface area contributed by atoms with Crippen LogP contribution in [0.3, 0.4) is 0 Å². The topological polar surface area (TPSA) is 38.7 Å². The average molecular weight is 228 g/mol. The van der Waals surface area contributed by atoms with Crippen molar-refractivity contribution >= 4 is 0 Å². The van der Waals surface area contributed by atoms with E-state index in [0.29, 0.717) is 19.1 Å². The first-order chi connectivity index (χ1) is 7.38. The molecule has 1 N–H and O–H groups in total. The van der Waals surface area contributed by atoms with Crippen LogP contribution in [0.15, 0.2) is 12.2 Å². The highest BCUT2D eigenvalue weighted by molar-refractivity contribution is 4.97. The molecule has 1 saturated heterocycles. The van der Waals surface area contributed by atoms with Gasteiger partial charge >= 0.3 is 0 Å². The van der Waals surface area contributed by atoms with Gasteiger partial charge in [-0.25, -0.2) is 0 Å². The Kier molecular flexibility index (Phi) is 4.96. The van der Waals surface area contributed by atoms with E-state index in [1.54, 1.807) is 0 Å². The molecule has 1 aliphatic rings. The number of rotatable bonds is 6. The van der Waals surface area contributed by atoms with Crippen molar-refractivity contribution in [1.82, 2.24) is 0 Å². The number of hydrogen-bond donors (Lipinski definition) is 1. The lowest BCUT2D eigenvalue weighted by atomic mass is 9.88. The normalized spacial score (nSPS) is 20.0. The van der Waals surface area contributed by atoms with Crippen LogP contribution in [-0.2, 0) is 9.47 Å². The third-order valence-electron chi connectivity index (χ3n) is 2.97. The molecule has 1 aliphatic heterocycles. The van der Waals surface area contributed by atoms with Crippen molar-refractivity contribution in [2.75, 3.05) is 13.2 Å². The van der Waals surface area contributed by atoms with Crippen LogP contribution < -0.4 is 0 Å². The van der Waals surface area contributed by atoms with Gasteiger partial charge in [-0.3, -0.25) is 0 Å². The highest BCUT2D eigenvalue weighted by Gasteiger charge is 2.23. The van der Waals surface area contributed by atoms with Gasteiger partial charge in [-0.2, -0.15) is 0 Å². The second kappa shape index (κ2) is 5.80. The predicted octanol–water partition coefficient (Wildman–Crippen LogP) is 2.49. The van der Waals surface area contributed by atoms with Crippen molar-refractivity contribution in [3.05, 3.63) is 12.2 Å². The predicted molar refractivity (Wildman–Crippen MR) is 64.1 cm³/mol. The number of aliphatic hydroxyl groups is 1. The molecule has 1 atom stereocenters. The SMILES string of the molecule is C=C(C)C(CCC(C)(C)O)CC1OCCO1. The molecule has 0 bridgehead atoms. The molecule has 0 spiro atoms. The molecule has 3 nitrogen and oxygen atoms in total. The van der Waals surface area contributed by atoms with E-state index in [1.807, 2.05) is 20.8 Å². The third-order valence-corrected chi connectivity index (χ3v) is 2.97. The smallest absolute Gasteiger partial charge is 0.158 e. The summed E-state index contributed by atoms with van der Waals surface area (Å²) in [5, 5.41) is 9.72. The Balaban J connectivity index is 2.38. The summed E-state index contributed by atoms with van der Waals surface area (Å²) in [5.41, 5.74) is 0.536. The zero-order valence-electron chi connectivity index (χ0n) is 10.7. The highest BCUT2D eigenvalue weighted by Crippen LogP contribution is 2.27. The van der Waals surface area contributed by atoms with Crippen molar-refractivity contribution in [3.8, 4) is 0 Å². The van der Waals surface area contributed by atoms with Crippen molar-refractivity contribution in [2.24, 2.45) is 5.92 Å². The van der Waals surface area contributed by atoms with Gasteiger partial charge in [0, 0.05) is 6.42 Å². The van der Waals surface area contributed by atoms with Crippen LogP contribution in [-0.4, -0.2) is 30.2 Å². The summed E-state index contributed by atoms with van der Waals surface area (Å²) in [6.45, 7) is 11.1. The van der Waals surface area contributed by atoms with Gasteiger partial charge in [-0.15, -0.1) is 0 Å². The first-order valence-electron chi connectivity index (χ1n) is 5.99. The molecule has 3 heteroatoms. The zero-order chi connectivity index (χ0) is 12.2. The number of allylic oxidation sites excluding steroid dienone is 1. The van der Waals surface area contributed by atoms with Gasteiger partial charge in [0.1, 0.15) is 0 Å². The number of hydrogen-bond acceptors (Lipinski definition) is 3. The van der Waals surface area contributed by atoms with E-state index in [2.05, 4.69) is 6.58 Å². The van der Waals surface area contributed by atoms with Crippen LogP contribution >= 0.6 is 0 Å². The Morgan fingerprint density at radius 1 is 1.44 bits per heavy atom. The first kappa shape index (κ1) is 13.7. The quantitative estimate of drug-likeness (QED) is 0.710. The van der Waals surface area contributed by atoms with E-state index in [-0.39, 0.29) is 6.29 Å². The highest BCUT2D eigenvalue weighted by atomic mass is 16.7. The van der Waals surface area contributed by atoms with Gasteiger partial charge in [0.25, 0.3) is 0 Å². The lowest BCUT2D eigenvalue weighted by molar-refractivity contribution is -0.0562. The summed E-state index contributed by atoms with van der Waals surface area (Å²) >= 11 is 0. The Morgan fingerprint density at radius 3 is 2.44 bits per heavy atom. The zero-order valence-corrected chi connectivity index (χ0v) is 10.7. The molecule has 0 aromatic carbocycles. The summed E-state index contributed by atoms with van der Waals surface area (Å²) in [5.74, 6) is 0.370. The lowest BCUT2D eigenvalue weighted by Gasteiger charge is -2.24. The van der Waals surface area contributed by atoms with E-state index in [4.69, 9.17) is 9.47 Å². The Bertz CT molecular complexity index is 224. The number of ether oxygens (including phenoxy) is 2. The van der Waals surface area contributed by atoms with Crippen molar-refractivity contribution in [1.29, 1.82) is 0 Å². The summed E-state index contributed by atoms with van der Waals surface area (Å²) in [6, 6.07) is 0. The minimum Gasteiger partial charge on any atom is -0.390 e. The van der Waals surface area contributed by atoms with Gasteiger partial charge in [-0.05, 0) is 39.5 Å². The van der Waals surface area contributed by atoms with Gasteiger partial charge in [0.05, 0.1) is 18.8 Å². The molecule has 0 amide bonds. The standard InChI is InChI=1S/C13H24O3/c1-10(2)11(5-6-13(3,4)14)9-12-15-7-8-16-12/h11-12,14H,1,5-9H2,2-4H3. The van der Waals surface area contributed by atoms with Crippen LogP contribution in [0.1, 0.15) is 40.0 Å². The molecule has 1 heterocycles. The Labute approximate surface area is 98.4 Å². The van der Waals surface area contributed by atoms with Crippen LogP contribution in [0, 0.1) is 5.92 Å². The minimum absolute atomic E-state index is 0.0801.